The van der Waals surface area contributed by atoms with Gasteiger partial charge in [-0.2, -0.15) is 0 Å². The SMILES string of the molecule is CCCC(C)CC(=O)Nc1cccc(-c2nnc3n2CCCCC3)c1. The first-order chi connectivity index (χ1) is 12.2. The maximum Gasteiger partial charge on any atom is 0.224 e. The number of amides is 1. The summed E-state index contributed by atoms with van der Waals surface area (Å²) in [5, 5.41) is 11.8. The fourth-order valence-electron chi connectivity index (χ4n) is 3.56. The molecule has 2 heterocycles. The standard InChI is InChI=1S/C20H28N4O/c1-3-8-15(2)13-19(25)21-17-10-7-9-16(14-17)20-23-22-18-11-5-4-6-12-24(18)20/h7,9-10,14-15H,3-6,8,11-13H2,1-2H3,(H,21,25). The summed E-state index contributed by atoms with van der Waals surface area (Å²) >= 11 is 0. The lowest BCUT2D eigenvalue weighted by Crippen LogP contribution is -2.15. The van der Waals surface area contributed by atoms with Gasteiger partial charge in [-0.05, 0) is 30.9 Å². The summed E-state index contributed by atoms with van der Waals surface area (Å²) in [7, 11) is 0. The first-order valence-electron chi connectivity index (χ1n) is 9.49. The van der Waals surface area contributed by atoms with Crippen LogP contribution in [0, 0.1) is 5.92 Å². The zero-order valence-electron chi connectivity index (χ0n) is 15.3. The van der Waals surface area contributed by atoms with Crippen molar-refractivity contribution in [2.45, 2.75) is 65.3 Å². The van der Waals surface area contributed by atoms with E-state index in [1.807, 2.05) is 24.3 Å². The van der Waals surface area contributed by atoms with Crippen LogP contribution in [-0.4, -0.2) is 20.7 Å². The molecular formula is C20H28N4O. The molecule has 134 valence electrons. The highest BCUT2D eigenvalue weighted by Crippen LogP contribution is 2.25. The van der Waals surface area contributed by atoms with Crippen molar-refractivity contribution < 1.29 is 4.79 Å². The molecule has 1 aliphatic rings. The molecule has 0 fully saturated rings. The molecule has 1 aromatic carbocycles. The van der Waals surface area contributed by atoms with Gasteiger partial charge in [0, 0.05) is 30.6 Å². The summed E-state index contributed by atoms with van der Waals surface area (Å²) in [5.74, 6) is 2.49. The Morgan fingerprint density at radius 1 is 1.28 bits per heavy atom. The highest BCUT2D eigenvalue weighted by molar-refractivity contribution is 5.91. The third-order valence-electron chi connectivity index (χ3n) is 4.83. The number of aryl methyl sites for hydroxylation is 1. The van der Waals surface area contributed by atoms with Gasteiger partial charge in [-0.15, -0.1) is 10.2 Å². The van der Waals surface area contributed by atoms with E-state index < -0.39 is 0 Å². The second kappa shape index (κ2) is 8.28. The molecule has 0 spiro atoms. The normalized spacial score (nSPS) is 15.3. The summed E-state index contributed by atoms with van der Waals surface area (Å²) in [6.45, 7) is 5.26. The highest BCUT2D eigenvalue weighted by atomic mass is 16.1. The topological polar surface area (TPSA) is 59.8 Å². The van der Waals surface area contributed by atoms with Crippen molar-refractivity contribution in [1.82, 2.24) is 14.8 Å². The lowest BCUT2D eigenvalue weighted by molar-refractivity contribution is -0.117. The fourth-order valence-corrected chi connectivity index (χ4v) is 3.56. The molecule has 1 aliphatic heterocycles. The van der Waals surface area contributed by atoms with Crippen molar-refractivity contribution in [2.75, 3.05) is 5.32 Å². The molecular weight excluding hydrogens is 312 g/mol. The van der Waals surface area contributed by atoms with Crippen molar-refractivity contribution in [3.63, 3.8) is 0 Å². The fraction of sp³-hybridized carbons (Fsp3) is 0.550. The number of anilines is 1. The molecule has 25 heavy (non-hydrogen) atoms. The van der Waals surface area contributed by atoms with E-state index in [0.717, 1.165) is 48.7 Å². The number of nitrogens with one attached hydrogen (secondary N) is 1. The predicted molar refractivity (Wildman–Crippen MR) is 100 cm³/mol. The van der Waals surface area contributed by atoms with E-state index in [-0.39, 0.29) is 5.91 Å². The number of fused-ring (bicyclic) bond motifs is 1. The lowest BCUT2D eigenvalue weighted by atomic mass is 10.0. The van der Waals surface area contributed by atoms with Crippen LogP contribution in [0.25, 0.3) is 11.4 Å². The summed E-state index contributed by atoms with van der Waals surface area (Å²) in [5.41, 5.74) is 1.84. The van der Waals surface area contributed by atoms with Crippen LogP contribution in [0.1, 0.15) is 58.2 Å². The van der Waals surface area contributed by atoms with Gasteiger partial charge in [-0.25, -0.2) is 0 Å². The van der Waals surface area contributed by atoms with Crippen LogP contribution in [0.15, 0.2) is 24.3 Å². The van der Waals surface area contributed by atoms with Crippen molar-refractivity contribution in [2.24, 2.45) is 5.92 Å². The Morgan fingerprint density at radius 2 is 2.16 bits per heavy atom. The van der Waals surface area contributed by atoms with E-state index in [0.29, 0.717) is 12.3 Å². The number of hydrogen-bond donors (Lipinski definition) is 1. The molecule has 2 aromatic rings. The Bertz CT molecular complexity index is 722. The third-order valence-corrected chi connectivity index (χ3v) is 4.83. The molecule has 1 atom stereocenters. The molecule has 1 N–H and O–H groups in total. The maximum absolute atomic E-state index is 12.2. The van der Waals surface area contributed by atoms with Crippen LogP contribution < -0.4 is 5.32 Å². The second-order valence-electron chi connectivity index (χ2n) is 7.13. The minimum Gasteiger partial charge on any atom is -0.326 e. The molecule has 0 bridgehead atoms. The minimum absolute atomic E-state index is 0.0816. The zero-order valence-corrected chi connectivity index (χ0v) is 15.3. The van der Waals surface area contributed by atoms with E-state index >= 15 is 0 Å². The molecule has 0 saturated heterocycles. The molecule has 0 radical (unpaired) electrons. The quantitative estimate of drug-likeness (QED) is 0.846. The largest absolute Gasteiger partial charge is 0.326 e. The van der Waals surface area contributed by atoms with Crippen LogP contribution in [0.3, 0.4) is 0 Å². The first kappa shape index (κ1) is 17.6. The number of rotatable bonds is 6. The average Bonchev–Trinajstić information content (AvgIpc) is 2.84. The molecule has 1 amide bonds. The molecule has 1 unspecified atom stereocenters. The number of carbonyl (C=O) groups is 1. The van der Waals surface area contributed by atoms with Crippen LogP contribution in [0.5, 0.6) is 0 Å². The van der Waals surface area contributed by atoms with Crippen molar-refractivity contribution >= 4 is 11.6 Å². The Hall–Kier alpha value is -2.17. The van der Waals surface area contributed by atoms with Gasteiger partial charge in [0.15, 0.2) is 5.82 Å². The highest BCUT2D eigenvalue weighted by Gasteiger charge is 2.16. The smallest absolute Gasteiger partial charge is 0.224 e. The number of hydrogen-bond acceptors (Lipinski definition) is 3. The Kier molecular flexibility index (Phi) is 5.84. The van der Waals surface area contributed by atoms with Gasteiger partial charge in [0.05, 0.1) is 0 Å². The second-order valence-corrected chi connectivity index (χ2v) is 7.13. The third kappa shape index (κ3) is 4.47. The lowest BCUT2D eigenvalue weighted by Gasteiger charge is -2.12. The van der Waals surface area contributed by atoms with Gasteiger partial charge in [0.1, 0.15) is 5.82 Å². The monoisotopic (exact) mass is 340 g/mol. The van der Waals surface area contributed by atoms with Crippen LogP contribution in [0.2, 0.25) is 0 Å². The minimum atomic E-state index is 0.0816. The van der Waals surface area contributed by atoms with Gasteiger partial charge in [-0.1, -0.05) is 45.2 Å². The van der Waals surface area contributed by atoms with E-state index in [1.54, 1.807) is 0 Å². The van der Waals surface area contributed by atoms with Crippen LogP contribution in [-0.2, 0) is 17.8 Å². The van der Waals surface area contributed by atoms with Crippen molar-refractivity contribution in [3.8, 4) is 11.4 Å². The van der Waals surface area contributed by atoms with Gasteiger partial charge >= 0.3 is 0 Å². The average molecular weight is 340 g/mol. The summed E-state index contributed by atoms with van der Waals surface area (Å²) < 4.78 is 2.23. The number of carbonyl (C=O) groups excluding carboxylic acids is 1. The number of benzene rings is 1. The Morgan fingerprint density at radius 3 is 3.00 bits per heavy atom. The Balaban J connectivity index is 1.74. The Labute approximate surface area is 149 Å². The summed E-state index contributed by atoms with van der Waals surface area (Å²) in [6.07, 6.45) is 7.36. The number of nitrogens with zero attached hydrogens (tertiary/aromatic N) is 3. The van der Waals surface area contributed by atoms with Gasteiger partial charge in [0.25, 0.3) is 0 Å². The zero-order chi connectivity index (χ0) is 17.6. The van der Waals surface area contributed by atoms with Crippen LogP contribution in [0.4, 0.5) is 5.69 Å². The summed E-state index contributed by atoms with van der Waals surface area (Å²) in [4.78, 5) is 12.2. The molecule has 5 heteroatoms. The van der Waals surface area contributed by atoms with E-state index in [1.165, 1.54) is 19.3 Å². The molecule has 5 nitrogen and oxygen atoms in total. The van der Waals surface area contributed by atoms with E-state index in [2.05, 4.69) is 33.9 Å². The molecule has 0 aliphatic carbocycles. The van der Waals surface area contributed by atoms with E-state index in [4.69, 9.17) is 0 Å². The van der Waals surface area contributed by atoms with E-state index in [9.17, 15) is 4.79 Å². The molecule has 0 saturated carbocycles. The molecule has 3 rings (SSSR count). The summed E-state index contributed by atoms with van der Waals surface area (Å²) in [6, 6.07) is 7.95. The maximum atomic E-state index is 12.2. The van der Waals surface area contributed by atoms with Gasteiger partial charge in [0.2, 0.25) is 5.91 Å². The first-order valence-corrected chi connectivity index (χ1v) is 9.49. The van der Waals surface area contributed by atoms with Crippen LogP contribution >= 0.6 is 0 Å². The van der Waals surface area contributed by atoms with Gasteiger partial charge < -0.3 is 9.88 Å². The molecule has 1 aromatic heterocycles. The van der Waals surface area contributed by atoms with Crippen molar-refractivity contribution in [1.29, 1.82) is 0 Å². The number of aromatic nitrogens is 3. The van der Waals surface area contributed by atoms with Gasteiger partial charge in [-0.3, -0.25) is 4.79 Å². The predicted octanol–water partition coefficient (Wildman–Crippen LogP) is 4.44. The van der Waals surface area contributed by atoms with Crippen molar-refractivity contribution in [3.05, 3.63) is 30.1 Å².